The molecule has 0 bridgehead atoms. The number of rotatable bonds is 4. The molecule has 11 heavy (non-hydrogen) atoms. The van der Waals surface area contributed by atoms with Gasteiger partial charge in [-0.1, -0.05) is 0 Å². The van der Waals surface area contributed by atoms with Crippen molar-refractivity contribution in [2.75, 3.05) is 6.61 Å². The maximum absolute atomic E-state index is 10.7. The average molecular weight is 161 g/mol. The van der Waals surface area contributed by atoms with Crippen LogP contribution in [0.1, 0.15) is 13.3 Å². The van der Waals surface area contributed by atoms with E-state index in [1.165, 1.54) is 0 Å². The molecular formula is C6H11NO4. The lowest BCUT2D eigenvalue weighted by Crippen LogP contribution is -2.54. The zero-order valence-corrected chi connectivity index (χ0v) is 6.20. The zero-order chi connectivity index (χ0) is 9.07. The summed E-state index contributed by atoms with van der Waals surface area (Å²) in [4.78, 5) is 21.1. The molecule has 1 unspecified atom stereocenters. The number of carboxylic acids is 1. The molecular weight excluding hydrogens is 150 g/mol. The summed E-state index contributed by atoms with van der Waals surface area (Å²) < 4.78 is 0. The van der Waals surface area contributed by atoms with Crippen molar-refractivity contribution in [1.82, 2.24) is 0 Å². The molecule has 5 heteroatoms. The Kier molecular flexibility index (Phi) is 3.16. The first-order valence-corrected chi connectivity index (χ1v) is 3.09. The molecule has 5 nitrogen and oxygen atoms in total. The van der Waals surface area contributed by atoms with Crippen LogP contribution in [-0.4, -0.2) is 34.1 Å². The van der Waals surface area contributed by atoms with Crippen molar-refractivity contribution in [1.29, 1.82) is 0 Å². The van der Waals surface area contributed by atoms with Crippen molar-refractivity contribution >= 4 is 11.8 Å². The van der Waals surface area contributed by atoms with Gasteiger partial charge in [0.15, 0.2) is 11.3 Å². The number of hydrogen-bond acceptors (Lipinski definition) is 4. The first-order chi connectivity index (χ1) is 4.95. The lowest BCUT2D eigenvalue weighted by atomic mass is 9.93. The molecule has 0 aliphatic heterocycles. The van der Waals surface area contributed by atoms with Gasteiger partial charge in [-0.15, -0.1) is 0 Å². The fraction of sp³-hybridized carbons (Fsp3) is 0.667. The molecule has 0 radical (unpaired) electrons. The van der Waals surface area contributed by atoms with Gasteiger partial charge in [-0.25, -0.2) is 4.79 Å². The quantitative estimate of drug-likeness (QED) is 0.447. The minimum absolute atomic E-state index is 0.252. The Bertz CT molecular complexity index is 163. The van der Waals surface area contributed by atoms with Crippen molar-refractivity contribution in [3.63, 3.8) is 0 Å². The molecule has 4 N–H and O–H groups in total. The number of nitrogens with two attached hydrogens (primary N) is 1. The number of carbonyl (C=O) groups is 2. The molecule has 0 heterocycles. The summed E-state index contributed by atoms with van der Waals surface area (Å²) in [5, 5.41) is 16.9. The van der Waals surface area contributed by atoms with Crippen LogP contribution in [0, 0.1) is 0 Å². The molecule has 0 saturated heterocycles. The van der Waals surface area contributed by atoms with E-state index in [2.05, 4.69) is 0 Å². The first kappa shape index (κ1) is 10.1. The molecule has 0 amide bonds. The Labute approximate surface area is 63.8 Å². The standard InChI is InChI=1S/C6H11NO4/c1-4(9)6(7,2-3-8)5(10)11/h8H,2-3,7H2,1H3,(H,10,11). The Morgan fingerprint density at radius 3 is 2.09 bits per heavy atom. The third-order valence-corrected chi connectivity index (χ3v) is 1.52. The van der Waals surface area contributed by atoms with Crippen molar-refractivity contribution in [2.45, 2.75) is 18.9 Å². The smallest absolute Gasteiger partial charge is 0.331 e. The topological polar surface area (TPSA) is 101 Å². The summed E-state index contributed by atoms with van der Waals surface area (Å²) in [6.45, 7) is 0.673. The number of aliphatic hydroxyl groups excluding tert-OH is 1. The van der Waals surface area contributed by atoms with Crippen molar-refractivity contribution in [3.8, 4) is 0 Å². The van der Waals surface area contributed by atoms with Crippen LogP contribution in [-0.2, 0) is 9.59 Å². The molecule has 1 atom stereocenters. The Morgan fingerprint density at radius 2 is 2.00 bits per heavy atom. The predicted molar refractivity (Wildman–Crippen MR) is 36.9 cm³/mol. The Balaban J connectivity index is 4.52. The van der Waals surface area contributed by atoms with Crippen LogP contribution in [0.2, 0.25) is 0 Å². The summed E-state index contributed by atoms with van der Waals surface area (Å²) in [5.41, 5.74) is 3.26. The van der Waals surface area contributed by atoms with E-state index < -0.39 is 23.9 Å². The Hall–Kier alpha value is -0.940. The van der Waals surface area contributed by atoms with Gasteiger partial charge in [-0.05, 0) is 6.92 Å². The van der Waals surface area contributed by atoms with Crippen LogP contribution in [0.15, 0.2) is 0 Å². The van der Waals surface area contributed by atoms with E-state index in [1.807, 2.05) is 0 Å². The molecule has 0 aliphatic rings. The van der Waals surface area contributed by atoms with Gasteiger partial charge >= 0.3 is 5.97 Å². The van der Waals surface area contributed by atoms with Crippen molar-refractivity contribution in [2.24, 2.45) is 5.73 Å². The van der Waals surface area contributed by atoms with E-state index >= 15 is 0 Å². The third-order valence-electron chi connectivity index (χ3n) is 1.52. The second kappa shape index (κ2) is 3.45. The summed E-state index contributed by atoms with van der Waals surface area (Å²) in [6.07, 6.45) is -0.252. The number of hydrogen-bond donors (Lipinski definition) is 3. The summed E-state index contributed by atoms with van der Waals surface area (Å²) in [5.74, 6) is -2.06. The molecule has 0 aliphatic carbocycles. The van der Waals surface area contributed by atoms with Gasteiger partial charge in [-0.3, -0.25) is 4.79 Å². The maximum Gasteiger partial charge on any atom is 0.331 e. The summed E-state index contributed by atoms with van der Waals surface area (Å²) >= 11 is 0. The van der Waals surface area contributed by atoms with Crippen molar-refractivity contribution in [3.05, 3.63) is 0 Å². The van der Waals surface area contributed by atoms with Crippen molar-refractivity contribution < 1.29 is 19.8 Å². The van der Waals surface area contributed by atoms with Gasteiger partial charge in [0.05, 0.1) is 0 Å². The molecule has 0 rings (SSSR count). The number of aliphatic carboxylic acids is 1. The average Bonchev–Trinajstić information content (AvgIpc) is 1.87. The monoisotopic (exact) mass is 161 g/mol. The second-order valence-electron chi connectivity index (χ2n) is 2.31. The molecule has 0 fully saturated rings. The SMILES string of the molecule is CC(=O)C(N)(CCO)C(=O)O. The number of Topliss-reactive ketones (excluding diaryl/α,β-unsaturated/α-hetero) is 1. The van der Waals surface area contributed by atoms with E-state index in [0.717, 1.165) is 6.92 Å². The molecule has 0 spiro atoms. The largest absolute Gasteiger partial charge is 0.480 e. The Morgan fingerprint density at radius 1 is 1.55 bits per heavy atom. The van der Waals surface area contributed by atoms with Crippen LogP contribution in [0.25, 0.3) is 0 Å². The van der Waals surface area contributed by atoms with Crippen LogP contribution in [0.5, 0.6) is 0 Å². The number of carbonyl (C=O) groups excluding carboxylic acids is 1. The highest BCUT2D eigenvalue weighted by Crippen LogP contribution is 2.07. The molecule has 64 valence electrons. The highest BCUT2D eigenvalue weighted by molar-refractivity contribution is 6.06. The number of carboxylic acid groups (broad SMARTS) is 1. The normalized spacial score (nSPS) is 15.5. The van der Waals surface area contributed by atoms with Crippen LogP contribution in [0.4, 0.5) is 0 Å². The molecule has 0 aromatic heterocycles. The van der Waals surface area contributed by atoms with Gasteiger partial charge < -0.3 is 15.9 Å². The predicted octanol–water partition coefficient (Wildman–Crippen LogP) is -1.26. The van der Waals surface area contributed by atoms with Gasteiger partial charge in [0, 0.05) is 13.0 Å². The zero-order valence-electron chi connectivity index (χ0n) is 6.20. The number of ketones is 1. The fourth-order valence-electron chi connectivity index (χ4n) is 0.610. The molecule has 0 aromatic carbocycles. The first-order valence-electron chi connectivity index (χ1n) is 3.09. The lowest BCUT2D eigenvalue weighted by molar-refractivity contribution is -0.148. The summed E-state index contributed by atoms with van der Waals surface area (Å²) in [6, 6.07) is 0. The summed E-state index contributed by atoms with van der Waals surface area (Å²) in [7, 11) is 0. The van der Waals surface area contributed by atoms with E-state index in [4.69, 9.17) is 15.9 Å². The van der Waals surface area contributed by atoms with E-state index in [-0.39, 0.29) is 6.42 Å². The van der Waals surface area contributed by atoms with E-state index in [9.17, 15) is 9.59 Å². The molecule has 0 aromatic rings. The van der Waals surface area contributed by atoms with E-state index in [1.54, 1.807) is 0 Å². The number of aliphatic hydroxyl groups is 1. The minimum atomic E-state index is -1.92. The van der Waals surface area contributed by atoms with Gasteiger partial charge in [0.25, 0.3) is 0 Å². The van der Waals surface area contributed by atoms with Gasteiger partial charge in [0.2, 0.25) is 0 Å². The lowest BCUT2D eigenvalue weighted by Gasteiger charge is -2.19. The van der Waals surface area contributed by atoms with Crippen LogP contribution < -0.4 is 5.73 Å². The highest BCUT2D eigenvalue weighted by Gasteiger charge is 2.38. The fourth-order valence-corrected chi connectivity index (χ4v) is 0.610. The van der Waals surface area contributed by atoms with E-state index in [0.29, 0.717) is 0 Å². The van der Waals surface area contributed by atoms with Crippen LogP contribution in [0.3, 0.4) is 0 Å². The van der Waals surface area contributed by atoms with Crippen LogP contribution >= 0.6 is 0 Å². The van der Waals surface area contributed by atoms with Gasteiger partial charge in [0.1, 0.15) is 0 Å². The highest BCUT2D eigenvalue weighted by atomic mass is 16.4. The third kappa shape index (κ3) is 1.99. The molecule has 0 saturated carbocycles. The van der Waals surface area contributed by atoms with Gasteiger partial charge in [-0.2, -0.15) is 0 Å². The second-order valence-corrected chi connectivity index (χ2v) is 2.31. The minimum Gasteiger partial charge on any atom is -0.480 e. The maximum atomic E-state index is 10.7.